The van der Waals surface area contributed by atoms with Gasteiger partial charge in [0.1, 0.15) is 5.70 Å². The van der Waals surface area contributed by atoms with Gasteiger partial charge in [0.15, 0.2) is 0 Å². The predicted octanol–water partition coefficient (Wildman–Crippen LogP) is 8.07. The maximum atomic E-state index is 13.5. The molecule has 0 fully saturated rings. The summed E-state index contributed by atoms with van der Waals surface area (Å²) in [5.74, 6) is -0.930. The van der Waals surface area contributed by atoms with Gasteiger partial charge in [-0.1, -0.05) is 91.3 Å². The molecule has 5 aromatic carbocycles. The van der Waals surface area contributed by atoms with Crippen molar-refractivity contribution in [3.8, 4) is 0 Å². The molecule has 5 aromatic rings. The van der Waals surface area contributed by atoms with Crippen molar-refractivity contribution in [1.29, 1.82) is 0 Å². The van der Waals surface area contributed by atoms with Crippen LogP contribution in [0.3, 0.4) is 0 Å². The molecule has 44 heavy (non-hydrogen) atoms. The number of benzene rings is 5. The van der Waals surface area contributed by atoms with Crippen molar-refractivity contribution < 1.29 is 14.4 Å². The lowest BCUT2D eigenvalue weighted by Crippen LogP contribution is -2.30. The van der Waals surface area contributed by atoms with Gasteiger partial charge in [0.05, 0.1) is 5.25 Å². The van der Waals surface area contributed by atoms with Crippen molar-refractivity contribution in [3.05, 3.63) is 144 Å². The Labute approximate surface area is 261 Å². The highest BCUT2D eigenvalue weighted by Crippen LogP contribution is 2.29. The summed E-state index contributed by atoms with van der Waals surface area (Å²) in [4.78, 5) is 40.5. The van der Waals surface area contributed by atoms with Gasteiger partial charge in [-0.05, 0) is 78.2 Å². The van der Waals surface area contributed by atoms with Crippen molar-refractivity contribution in [2.45, 2.75) is 30.4 Å². The second-order valence-electron chi connectivity index (χ2n) is 10.3. The molecule has 5 rings (SSSR count). The summed E-state index contributed by atoms with van der Waals surface area (Å²) in [5.41, 5.74) is 3.68. The number of fused-ring (bicyclic) bond motifs is 1. The largest absolute Gasteiger partial charge is 0.325 e. The average molecular weight is 600 g/mol. The Bertz CT molecular complexity index is 1830. The lowest BCUT2D eigenvalue weighted by molar-refractivity contribution is -0.116. The first kappa shape index (κ1) is 30.3. The van der Waals surface area contributed by atoms with E-state index in [1.807, 2.05) is 105 Å². The fourth-order valence-corrected chi connectivity index (χ4v) is 5.70. The number of thioether (sulfide) groups is 1. The standard InChI is InChI=1S/C37H33N3O3S/c1-3-34(37(43)39-31-20-19-27-13-7-8-16-29(27)23-31)44-32-18-10-17-30(24-32)38-36(42)33(22-26-12-9-11-25(2)21-26)40-35(41)28-14-5-4-6-15-28/h4-24,34H,3H2,1-2H3,(H,38,42)(H,39,43)(H,40,41)/b33-22+. The van der Waals surface area contributed by atoms with Crippen molar-refractivity contribution in [3.63, 3.8) is 0 Å². The van der Waals surface area contributed by atoms with E-state index in [-0.39, 0.29) is 22.8 Å². The van der Waals surface area contributed by atoms with E-state index in [4.69, 9.17) is 0 Å². The first-order valence-corrected chi connectivity index (χ1v) is 15.3. The second kappa shape index (κ2) is 14.4. The van der Waals surface area contributed by atoms with E-state index < -0.39 is 5.91 Å². The van der Waals surface area contributed by atoms with Gasteiger partial charge in [0, 0.05) is 21.8 Å². The van der Waals surface area contributed by atoms with Gasteiger partial charge in [-0.2, -0.15) is 0 Å². The smallest absolute Gasteiger partial charge is 0.272 e. The molecule has 0 aliphatic heterocycles. The zero-order valence-corrected chi connectivity index (χ0v) is 25.4. The molecule has 0 saturated heterocycles. The Morgan fingerprint density at radius 1 is 0.727 bits per heavy atom. The Balaban J connectivity index is 1.30. The molecule has 1 atom stereocenters. The van der Waals surface area contributed by atoms with Crippen LogP contribution in [0.1, 0.15) is 34.8 Å². The van der Waals surface area contributed by atoms with Gasteiger partial charge in [-0.25, -0.2) is 0 Å². The van der Waals surface area contributed by atoms with E-state index in [0.717, 1.165) is 32.5 Å². The van der Waals surface area contributed by atoms with Gasteiger partial charge in [0.2, 0.25) is 5.91 Å². The van der Waals surface area contributed by atoms with E-state index in [9.17, 15) is 14.4 Å². The lowest BCUT2D eigenvalue weighted by Gasteiger charge is -2.16. The van der Waals surface area contributed by atoms with E-state index in [0.29, 0.717) is 17.7 Å². The molecule has 0 bridgehead atoms. The molecule has 0 spiro atoms. The number of hydrogen-bond donors (Lipinski definition) is 3. The van der Waals surface area contributed by atoms with Crippen molar-refractivity contribution in [2.24, 2.45) is 0 Å². The van der Waals surface area contributed by atoms with E-state index in [1.165, 1.54) is 11.8 Å². The van der Waals surface area contributed by atoms with Crippen molar-refractivity contribution >= 4 is 57.7 Å². The minimum Gasteiger partial charge on any atom is -0.325 e. The van der Waals surface area contributed by atoms with E-state index >= 15 is 0 Å². The molecule has 3 N–H and O–H groups in total. The van der Waals surface area contributed by atoms with E-state index in [1.54, 1.807) is 36.4 Å². The molecule has 0 aliphatic carbocycles. The SMILES string of the molecule is CCC(Sc1cccc(NC(=O)/C(=C\c2cccc(C)c2)NC(=O)c2ccccc2)c1)C(=O)Nc1ccc2ccccc2c1. The first-order valence-electron chi connectivity index (χ1n) is 14.4. The third kappa shape index (κ3) is 8.02. The Kier molecular flexibility index (Phi) is 9.89. The first-order chi connectivity index (χ1) is 21.4. The molecular formula is C37H33N3O3S. The Morgan fingerprint density at radius 2 is 1.45 bits per heavy atom. The summed E-state index contributed by atoms with van der Waals surface area (Å²) in [6.07, 6.45) is 2.28. The molecule has 0 aliphatic rings. The number of aryl methyl sites for hydroxylation is 1. The summed E-state index contributed by atoms with van der Waals surface area (Å²) < 4.78 is 0. The fraction of sp³-hybridized carbons (Fsp3) is 0.108. The van der Waals surface area contributed by atoms with E-state index in [2.05, 4.69) is 16.0 Å². The van der Waals surface area contributed by atoms with Crippen LogP contribution in [0.15, 0.2) is 132 Å². The highest BCUT2D eigenvalue weighted by Gasteiger charge is 2.19. The van der Waals surface area contributed by atoms with Crippen LogP contribution in [0, 0.1) is 6.92 Å². The summed E-state index contributed by atoms with van der Waals surface area (Å²) in [6.45, 7) is 3.94. The van der Waals surface area contributed by atoms with Crippen LogP contribution in [-0.4, -0.2) is 23.0 Å². The van der Waals surface area contributed by atoms with Crippen LogP contribution in [0.4, 0.5) is 11.4 Å². The quantitative estimate of drug-likeness (QED) is 0.112. The second-order valence-corrected chi connectivity index (χ2v) is 11.6. The van der Waals surface area contributed by atoms with Crippen molar-refractivity contribution in [1.82, 2.24) is 5.32 Å². The molecule has 3 amide bonds. The van der Waals surface area contributed by atoms with Gasteiger partial charge in [-0.15, -0.1) is 11.8 Å². The molecule has 7 heteroatoms. The number of nitrogens with one attached hydrogen (secondary N) is 3. The molecule has 220 valence electrons. The van der Waals surface area contributed by atoms with Gasteiger partial charge >= 0.3 is 0 Å². The monoisotopic (exact) mass is 599 g/mol. The van der Waals surface area contributed by atoms with Gasteiger partial charge in [0.25, 0.3) is 11.8 Å². The fourth-order valence-electron chi connectivity index (χ4n) is 4.69. The van der Waals surface area contributed by atoms with Gasteiger partial charge in [-0.3, -0.25) is 14.4 Å². The third-order valence-electron chi connectivity index (χ3n) is 6.93. The zero-order chi connectivity index (χ0) is 30.9. The molecule has 0 saturated carbocycles. The summed E-state index contributed by atoms with van der Waals surface area (Å²) in [5, 5.41) is 10.6. The Morgan fingerprint density at radius 3 is 2.23 bits per heavy atom. The minimum atomic E-state index is -0.459. The van der Waals surface area contributed by atoms with Gasteiger partial charge < -0.3 is 16.0 Å². The number of anilines is 2. The zero-order valence-electron chi connectivity index (χ0n) is 24.5. The number of hydrogen-bond acceptors (Lipinski definition) is 4. The number of rotatable bonds is 10. The maximum Gasteiger partial charge on any atom is 0.272 e. The number of amides is 3. The summed E-state index contributed by atoms with van der Waals surface area (Å²) in [7, 11) is 0. The minimum absolute atomic E-state index is 0.0887. The topological polar surface area (TPSA) is 87.3 Å². The van der Waals surface area contributed by atoms with Crippen LogP contribution in [0.5, 0.6) is 0 Å². The Hall–Kier alpha value is -5.14. The van der Waals surface area contributed by atoms with Crippen LogP contribution in [0.2, 0.25) is 0 Å². The molecule has 0 radical (unpaired) electrons. The van der Waals surface area contributed by atoms with Crippen LogP contribution >= 0.6 is 11.8 Å². The maximum absolute atomic E-state index is 13.5. The summed E-state index contributed by atoms with van der Waals surface area (Å²) >= 11 is 1.43. The highest BCUT2D eigenvalue weighted by molar-refractivity contribution is 8.00. The molecule has 1 unspecified atom stereocenters. The van der Waals surface area contributed by atoms with Crippen LogP contribution < -0.4 is 16.0 Å². The van der Waals surface area contributed by atoms with Crippen LogP contribution in [0.25, 0.3) is 16.8 Å². The average Bonchev–Trinajstić information content (AvgIpc) is 3.03. The number of carbonyl (C=O) groups excluding carboxylic acids is 3. The molecule has 6 nitrogen and oxygen atoms in total. The number of carbonyl (C=O) groups is 3. The normalized spacial score (nSPS) is 11.9. The molecular weight excluding hydrogens is 566 g/mol. The lowest BCUT2D eigenvalue weighted by atomic mass is 10.1. The van der Waals surface area contributed by atoms with Crippen LogP contribution in [-0.2, 0) is 9.59 Å². The predicted molar refractivity (Wildman–Crippen MR) is 181 cm³/mol. The third-order valence-corrected chi connectivity index (χ3v) is 8.29. The van der Waals surface area contributed by atoms with Crippen molar-refractivity contribution in [2.75, 3.05) is 10.6 Å². The summed E-state index contributed by atoms with van der Waals surface area (Å²) in [6, 6.07) is 37.7. The molecule has 0 heterocycles. The highest BCUT2D eigenvalue weighted by atomic mass is 32.2. The molecule has 0 aromatic heterocycles.